The number of aromatic nitrogens is 5. The Balaban J connectivity index is 1.07. The van der Waals surface area contributed by atoms with Crippen LogP contribution in [0.3, 0.4) is 0 Å². The van der Waals surface area contributed by atoms with Gasteiger partial charge < -0.3 is 24.9 Å². The van der Waals surface area contributed by atoms with Crippen molar-refractivity contribution in [1.29, 1.82) is 0 Å². The Morgan fingerprint density at radius 2 is 1.95 bits per heavy atom. The molecule has 0 saturated carbocycles. The number of fused-ring (bicyclic) bond motifs is 2. The molecule has 4 aromatic rings. The Morgan fingerprint density at radius 1 is 1.08 bits per heavy atom. The standard InChI is InChI=1S/C26H27N9O2/c27-23-22-16(29-14-37-22)12-26(23)6-8-33(9-7-26)18-13-28-20-24(30-18)31-32-25(20)34-10-11-35-19(36)5-4-15-2-1-3-17(34)21(15)35/h1-3,13-14,23H,4-12,27H2,(H,30,31,32)/t23-/m0/s1. The minimum Gasteiger partial charge on any atom is -0.447 e. The number of aryl methyl sites for hydroxylation is 1. The predicted octanol–water partition coefficient (Wildman–Crippen LogP) is 2.61. The van der Waals surface area contributed by atoms with E-state index in [9.17, 15) is 4.79 Å². The lowest BCUT2D eigenvalue weighted by molar-refractivity contribution is -0.118. The number of hydrogen-bond donors (Lipinski definition) is 2. The highest BCUT2D eigenvalue weighted by molar-refractivity contribution is 6.03. The third-order valence-corrected chi connectivity index (χ3v) is 8.83. The van der Waals surface area contributed by atoms with Gasteiger partial charge in [0.25, 0.3) is 0 Å². The molecule has 11 heteroatoms. The number of amides is 1. The van der Waals surface area contributed by atoms with E-state index < -0.39 is 0 Å². The van der Waals surface area contributed by atoms with E-state index in [-0.39, 0.29) is 17.4 Å². The molecule has 3 N–H and O–H groups in total. The highest BCUT2D eigenvalue weighted by Crippen LogP contribution is 2.50. The maximum atomic E-state index is 12.6. The summed E-state index contributed by atoms with van der Waals surface area (Å²) in [5.74, 6) is 2.63. The van der Waals surface area contributed by atoms with E-state index in [1.807, 2.05) is 11.1 Å². The number of para-hydroxylation sites is 1. The summed E-state index contributed by atoms with van der Waals surface area (Å²) in [6.45, 7) is 3.00. The van der Waals surface area contributed by atoms with Gasteiger partial charge in [0.1, 0.15) is 11.6 Å². The first-order valence-electron chi connectivity index (χ1n) is 12.9. The summed E-state index contributed by atoms with van der Waals surface area (Å²) in [6.07, 6.45) is 7.48. The fourth-order valence-corrected chi connectivity index (χ4v) is 6.76. The van der Waals surface area contributed by atoms with Crippen molar-refractivity contribution in [3.8, 4) is 0 Å². The molecular weight excluding hydrogens is 470 g/mol. The van der Waals surface area contributed by atoms with E-state index >= 15 is 0 Å². The summed E-state index contributed by atoms with van der Waals surface area (Å²) in [6, 6.07) is 6.13. The van der Waals surface area contributed by atoms with Gasteiger partial charge in [0.05, 0.1) is 29.3 Å². The molecule has 37 heavy (non-hydrogen) atoms. The largest absolute Gasteiger partial charge is 0.447 e. The zero-order chi connectivity index (χ0) is 24.7. The summed E-state index contributed by atoms with van der Waals surface area (Å²) >= 11 is 0. The number of benzene rings is 1. The van der Waals surface area contributed by atoms with E-state index in [4.69, 9.17) is 20.1 Å². The Bertz CT molecular complexity index is 1550. The van der Waals surface area contributed by atoms with Gasteiger partial charge in [-0.15, -0.1) is 0 Å². The zero-order valence-electron chi connectivity index (χ0n) is 20.4. The smallest absolute Gasteiger partial charge is 0.227 e. The summed E-state index contributed by atoms with van der Waals surface area (Å²) in [7, 11) is 0. The maximum absolute atomic E-state index is 12.6. The second-order valence-electron chi connectivity index (χ2n) is 10.6. The molecule has 1 aliphatic carbocycles. The van der Waals surface area contributed by atoms with Gasteiger partial charge in [-0.25, -0.2) is 15.0 Å². The Kier molecular flexibility index (Phi) is 4.29. The van der Waals surface area contributed by atoms with Gasteiger partial charge in [0.15, 0.2) is 23.4 Å². The van der Waals surface area contributed by atoms with E-state index in [1.54, 1.807) is 0 Å². The fraction of sp³-hybridized carbons (Fsp3) is 0.423. The monoisotopic (exact) mass is 497 g/mol. The molecule has 11 nitrogen and oxygen atoms in total. The Hall–Kier alpha value is -3.99. The lowest BCUT2D eigenvalue weighted by Crippen LogP contribution is -2.45. The summed E-state index contributed by atoms with van der Waals surface area (Å²) < 4.78 is 5.57. The second kappa shape index (κ2) is 7.51. The third kappa shape index (κ3) is 2.94. The van der Waals surface area contributed by atoms with Crippen molar-refractivity contribution in [2.24, 2.45) is 11.1 Å². The lowest BCUT2D eigenvalue weighted by Gasteiger charge is -2.42. The number of anilines is 4. The lowest BCUT2D eigenvalue weighted by atomic mass is 9.73. The number of oxazole rings is 1. The molecule has 1 aromatic carbocycles. The minimum absolute atomic E-state index is 0.00989. The fourth-order valence-electron chi connectivity index (χ4n) is 6.76. The molecule has 3 aromatic heterocycles. The van der Waals surface area contributed by atoms with Crippen LogP contribution in [0.5, 0.6) is 0 Å². The highest BCUT2D eigenvalue weighted by Gasteiger charge is 2.49. The summed E-state index contributed by atoms with van der Waals surface area (Å²) in [5, 5.41) is 7.74. The summed E-state index contributed by atoms with van der Waals surface area (Å²) in [4.78, 5) is 33.0. The van der Waals surface area contributed by atoms with Crippen molar-refractivity contribution in [1.82, 2.24) is 25.1 Å². The number of nitrogens with two attached hydrogens (primary N) is 1. The van der Waals surface area contributed by atoms with Crippen LogP contribution in [0.2, 0.25) is 0 Å². The molecule has 188 valence electrons. The first-order chi connectivity index (χ1) is 18.1. The van der Waals surface area contributed by atoms with Crippen LogP contribution in [0.1, 0.15) is 42.3 Å². The van der Waals surface area contributed by atoms with Crippen LogP contribution in [0.25, 0.3) is 11.2 Å². The van der Waals surface area contributed by atoms with Crippen molar-refractivity contribution in [3.63, 3.8) is 0 Å². The molecule has 8 rings (SSSR count). The maximum Gasteiger partial charge on any atom is 0.227 e. The molecule has 0 bridgehead atoms. The minimum atomic E-state index is -0.102. The van der Waals surface area contributed by atoms with Crippen LogP contribution in [0.15, 0.2) is 35.2 Å². The van der Waals surface area contributed by atoms with Gasteiger partial charge in [-0.3, -0.25) is 9.89 Å². The number of nitrogens with one attached hydrogen (secondary N) is 1. The Labute approximate surface area is 212 Å². The summed E-state index contributed by atoms with van der Waals surface area (Å²) in [5.41, 5.74) is 12.2. The molecular formula is C26H27N9O2. The van der Waals surface area contributed by atoms with Crippen LogP contribution < -0.4 is 20.4 Å². The van der Waals surface area contributed by atoms with Crippen LogP contribution in [-0.2, 0) is 17.6 Å². The van der Waals surface area contributed by atoms with E-state index in [0.29, 0.717) is 25.2 Å². The molecule has 1 atom stereocenters. The molecule has 1 fully saturated rings. The highest BCUT2D eigenvalue weighted by atomic mass is 16.3. The number of rotatable bonds is 2. The third-order valence-electron chi connectivity index (χ3n) is 8.83. The molecule has 6 heterocycles. The van der Waals surface area contributed by atoms with Crippen LogP contribution >= 0.6 is 0 Å². The van der Waals surface area contributed by atoms with Gasteiger partial charge >= 0.3 is 0 Å². The molecule has 0 radical (unpaired) electrons. The van der Waals surface area contributed by atoms with Gasteiger partial charge in [-0.05, 0) is 30.9 Å². The van der Waals surface area contributed by atoms with Gasteiger partial charge in [0, 0.05) is 44.4 Å². The first kappa shape index (κ1) is 21.1. The van der Waals surface area contributed by atoms with E-state index in [0.717, 1.165) is 78.8 Å². The number of nitrogens with zero attached hydrogens (tertiary/aromatic N) is 7. The second-order valence-corrected chi connectivity index (χ2v) is 10.6. The van der Waals surface area contributed by atoms with Crippen LogP contribution in [-0.4, -0.2) is 57.2 Å². The van der Waals surface area contributed by atoms with Crippen LogP contribution in [0.4, 0.5) is 23.0 Å². The molecule has 1 amide bonds. The van der Waals surface area contributed by atoms with Crippen molar-refractivity contribution in [3.05, 3.63) is 47.8 Å². The number of carbonyl (C=O) groups is 1. The average Bonchev–Trinajstić information content (AvgIpc) is 3.62. The van der Waals surface area contributed by atoms with Crippen molar-refractivity contribution < 1.29 is 9.21 Å². The molecule has 1 saturated heterocycles. The number of H-pyrrole nitrogens is 1. The quantitative estimate of drug-likeness (QED) is 0.429. The number of carbonyl (C=O) groups excluding carboxylic acids is 1. The average molecular weight is 498 g/mol. The molecule has 3 aliphatic heterocycles. The van der Waals surface area contributed by atoms with Crippen LogP contribution in [0, 0.1) is 5.41 Å². The first-order valence-corrected chi connectivity index (χ1v) is 12.9. The van der Waals surface area contributed by atoms with Crippen molar-refractivity contribution >= 4 is 40.1 Å². The normalized spacial score (nSPS) is 22.1. The van der Waals surface area contributed by atoms with Gasteiger partial charge in [0.2, 0.25) is 5.91 Å². The zero-order valence-corrected chi connectivity index (χ0v) is 20.4. The van der Waals surface area contributed by atoms with Crippen molar-refractivity contribution in [2.75, 3.05) is 40.9 Å². The van der Waals surface area contributed by atoms with E-state index in [2.05, 4.69) is 43.2 Å². The topological polar surface area (TPSA) is 133 Å². The van der Waals surface area contributed by atoms with Gasteiger partial charge in [-0.2, -0.15) is 5.10 Å². The van der Waals surface area contributed by atoms with Crippen molar-refractivity contribution in [2.45, 2.75) is 38.1 Å². The van der Waals surface area contributed by atoms with Gasteiger partial charge in [-0.1, -0.05) is 12.1 Å². The molecule has 1 spiro atoms. The predicted molar refractivity (Wildman–Crippen MR) is 137 cm³/mol. The SMILES string of the molecule is N[C@H]1c2ocnc2CC12CCN(c1cnc3c(N4CCN5C(=O)CCc6cccc4c65)n[nH]c3n1)CC2. The Morgan fingerprint density at radius 3 is 2.81 bits per heavy atom. The molecule has 4 aliphatic rings. The van der Waals surface area contributed by atoms with E-state index in [1.165, 1.54) is 12.0 Å². The number of hydrogen-bond acceptors (Lipinski definition) is 9. The number of piperidine rings is 1. The number of aromatic amines is 1. The molecule has 0 unspecified atom stereocenters.